The van der Waals surface area contributed by atoms with E-state index in [2.05, 4.69) is 0 Å². The third kappa shape index (κ3) is 3.21. The molecule has 2 rings (SSSR count). The topological polar surface area (TPSA) is 87.9 Å². The molecule has 118 valence electrons. The van der Waals surface area contributed by atoms with E-state index in [1.165, 1.54) is 0 Å². The summed E-state index contributed by atoms with van der Waals surface area (Å²) in [6, 6.07) is 7.14. The average molecular weight is 305 g/mol. The van der Waals surface area contributed by atoms with Crippen molar-refractivity contribution in [2.24, 2.45) is 5.73 Å². The second-order valence-corrected chi connectivity index (χ2v) is 4.70. The normalized spacial score (nSPS) is 16.5. The highest BCUT2D eigenvalue weighted by molar-refractivity contribution is 5.92. The molecule has 1 aliphatic heterocycles. The number of hydrogen-bond donors (Lipinski definition) is 1. The standard InChI is InChI=1S/C16H19NO5/c1-3-20-13(18)9-11-10-7-5-6-8-12(10)22-15(17)14(11)16(19)21-4-2/h5-8,11H,3-4,9,17H2,1-2H3. The van der Waals surface area contributed by atoms with Crippen LogP contribution in [0.3, 0.4) is 0 Å². The molecule has 0 bridgehead atoms. The van der Waals surface area contributed by atoms with Crippen molar-refractivity contribution in [1.29, 1.82) is 0 Å². The summed E-state index contributed by atoms with van der Waals surface area (Å²) in [6.45, 7) is 3.92. The van der Waals surface area contributed by atoms with Crippen molar-refractivity contribution in [3.8, 4) is 5.75 Å². The fourth-order valence-corrected chi connectivity index (χ4v) is 2.41. The molecule has 0 saturated carbocycles. The molecule has 1 aliphatic rings. The Balaban J connectivity index is 2.40. The molecule has 1 heterocycles. The molecule has 1 aromatic rings. The first-order valence-electron chi connectivity index (χ1n) is 7.17. The molecule has 0 spiro atoms. The van der Waals surface area contributed by atoms with Gasteiger partial charge in [-0.1, -0.05) is 18.2 Å². The monoisotopic (exact) mass is 305 g/mol. The van der Waals surface area contributed by atoms with Gasteiger partial charge in [-0.3, -0.25) is 4.79 Å². The molecule has 1 unspecified atom stereocenters. The molecule has 0 fully saturated rings. The van der Waals surface area contributed by atoms with Crippen molar-refractivity contribution in [3.63, 3.8) is 0 Å². The fraction of sp³-hybridized carbons (Fsp3) is 0.375. The maximum absolute atomic E-state index is 12.2. The van der Waals surface area contributed by atoms with E-state index in [4.69, 9.17) is 19.9 Å². The predicted octanol–water partition coefficient (Wildman–Crippen LogP) is 1.85. The lowest BCUT2D eigenvalue weighted by molar-refractivity contribution is -0.143. The molecule has 6 heteroatoms. The van der Waals surface area contributed by atoms with E-state index in [0.717, 1.165) is 0 Å². The Kier molecular flexibility index (Phi) is 5.04. The molecule has 0 saturated heterocycles. The van der Waals surface area contributed by atoms with Crippen LogP contribution in [0.4, 0.5) is 0 Å². The summed E-state index contributed by atoms with van der Waals surface area (Å²) in [5.74, 6) is -1.03. The molecular formula is C16H19NO5. The first-order chi connectivity index (χ1) is 10.6. The van der Waals surface area contributed by atoms with Gasteiger partial charge in [0.2, 0.25) is 5.88 Å². The zero-order valence-corrected chi connectivity index (χ0v) is 12.6. The van der Waals surface area contributed by atoms with Crippen LogP contribution in [0, 0.1) is 0 Å². The van der Waals surface area contributed by atoms with E-state index in [-0.39, 0.29) is 31.1 Å². The molecule has 0 aliphatic carbocycles. The van der Waals surface area contributed by atoms with Crippen molar-refractivity contribution in [2.45, 2.75) is 26.2 Å². The number of fused-ring (bicyclic) bond motifs is 1. The van der Waals surface area contributed by atoms with E-state index in [1.54, 1.807) is 32.0 Å². The Hall–Kier alpha value is -2.50. The van der Waals surface area contributed by atoms with Gasteiger partial charge < -0.3 is 19.9 Å². The summed E-state index contributed by atoms with van der Waals surface area (Å²) in [5.41, 5.74) is 6.75. The molecule has 1 aromatic carbocycles. The summed E-state index contributed by atoms with van der Waals surface area (Å²) in [7, 11) is 0. The maximum Gasteiger partial charge on any atom is 0.340 e. The number of carbonyl (C=O) groups excluding carboxylic acids is 2. The molecule has 6 nitrogen and oxygen atoms in total. The second-order valence-electron chi connectivity index (χ2n) is 4.70. The zero-order valence-electron chi connectivity index (χ0n) is 12.6. The number of esters is 2. The number of carbonyl (C=O) groups is 2. The number of para-hydroxylation sites is 1. The quantitative estimate of drug-likeness (QED) is 0.835. The van der Waals surface area contributed by atoms with Gasteiger partial charge >= 0.3 is 11.9 Å². The highest BCUT2D eigenvalue weighted by Crippen LogP contribution is 2.40. The minimum absolute atomic E-state index is 0.00304. The average Bonchev–Trinajstić information content (AvgIpc) is 2.47. The van der Waals surface area contributed by atoms with Crippen molar-refractivity contribution in [3.05, 3.63) is 41.3 Å². The van der Waals surface area contributed by atoms with Gasteiger partial charge in [0.25, 0.3) is 0 Å². The Morgan fingerprint density at radius 1 is 1.18 bits per heavy atom. The van der Waals surface area contributed by atoms with Gasteiger partial charge in [-0.15, -0.1) is 0 Å². The summed E-state index contributed by atoms with van der Waals surface area (Å²) >= 11 is 0. The summed E-state index contributed by atoms with van der Waals surface area (Å²) < 4.78 is 15.5. The highest BCUT2D eigenvalue weighted by Gasteiger charge is 2.35. The first kappa shape index (κ1) is 15.9. The largest absolute Gasteiger partial charge is 0.466 e. The van der Waals surface area contributed by atoms with E-state index in [9.17, 15) is 9.59 Å². The van der Waals surface area contributed by atoms with Crippen LogP contribution in [0.15, 0.2) is 35.7 Å². The third-order valence-electron chi connectivity index (χ3n) is 3.30. The second kappa shape index (κ2) is 6.98. The Morgan fingerprint density at radius 3 is 2.55 bits per heavy atom. The SMILES string of the molecule is CCOC(=O)CC1C(C(=O)OCC)=C(N)Oc2ccccc21. The molecule has 0 radical (unpaired) electrons. The van der Waals surface area contributed by atoms with Crippen molar-refractivity contribution < 1.29 is 23.8 Å². The lowest BCUT2D eigenvalue weighted by Gasteiger charge is -2.27. The number of benzene rings is 1. The van der Waals surface area contributed by atoms with Gasteiger partial charge in [-0.05, 0) is 19.9 Å². The number of ether oxygens (including phenoxy) is 3. The van der Waals surface area contributed by atoms with E-state index < -0.39 is 17.9 Å². The van der Waals surface area contributed by atoms with Gasteiger partial charge in [0.05, 0.1) is 19.6 Å². The molecule has 22 heavy (non-hydrogen) atoms. The van der Waals surface area contributed by atoms with Crippen molar-refractivity contribution in [2.75, 3.05) is 13.2 Å². The van der Waals surface area contributed by atoms with Crippen LogP contribution in [0.1, 0.15) is 31.7 Å². The van der Waals surface area contributed by atoms with Gasteiger partial charge in [-0.25, -0.2) is 4.79 Å². The van der Waals surface area contributed by atoms with Gasteiger partial charge in [0, 0.05) is 11.5 Å². The van der Waals surface area contributed by atoms with Crippen LogP contribution in [-0.4, -0.2) is 25.2 Å². The third-order valence-corrected chi connectivity index (χ3v) is 3.30. The molecular weight excluding hydrogens is 286 g/mol. The van der Waals surface area contributed by atoms with Crippen molar-refractivity contribution in [1.82, 2.24) is 0 Å². The minimum Gasteiger partial charge on any atom is -0.466 e. The van der Waals surface area contributed by atoms with Crippen LogP contribution < -0.4 is 10.5 Å². The number of hydrogen-bond acceptors (Lipinski definition) is 6. The summed E-state index contributed by atoms with van der Waals surface area (Å²) in [5, 5.41) is 0. The predicted molar refractivity (Wildman–Crippen MR) is 78.9 cm³/mol. The smallest absolute Gasteiger partial charge is 0.340 e. The number of rotatable bonds is 5. The Labute approximate surface area is 128 Å². The van der Waals surface area contributed by atoms with E-state index in [1.807, 2.05) is 6.07 Å². The number of nitrogens with two attached hydrogens (primary N) is 1. The fourth-order valence-electron chi connectivity index (χ4n) is 2.41. The summed E-state index contributed by atoms with van der Waals surface area (Å²) in [4.78, 5) is 24.1. The first-order valence-corrected chi connectivity index (χ1v) is 7.17. The van der Waals surface area contributed by atoms with E-state index >= 15 is 0 Å². The summed E-state index contributed by atoms with van der Waals surface area (Å²) in [6.07, 6.45) is 0.00304. The van der Waals surface area contributed by atoms with Gasteiger partial charge in [-0.2, -0.15) is 0 Å². The van der Waals surface area contributed by atoms with Crippen LogP contribution in [0.25, 0.3) is 0 Å². The zero-order chi connectivity index (χ0) is 16.1. The lowest BCUT2D eigenvalue weighted by Crippen LogP contribution is -2.28. The highest BCUT2D eigenvalue weighted by atomic mass is 16.5. The van der Waals surface area contributed by atoms with Crippen LogP contribution in [0.5, 0.6) is 5.75 Å². The van der Waals surface area contributed by atoms with Crippen LogP contribution >= 0.6 is 0 Å². The Bertz CT molecular complexity index is 608. The molecule has 0 amide bonds. The van der Waals surface area contributed by atoms with Gasteiger partial charge in [0.1, 0.15) is 11.3 Å². The molecule has 0 aromatic heterocycles. The molecule has 1 atom stereocenters. The minimum atomic E-state index is -0.580. The van der Waals surface area contributed by atoms with Crippen LogP contribution in [0.2, 0.25) is 0 Å². The maximum atomic E-state index is 12.2. The van der Waals surface area contributed by atoms with Crippen LogP contribution in [-0.2, 0) is 19.1 Å². The molecule has 2 N–H and O–H groups in total. The van der Waals surface area contributed by atoms with E-state index in [0.29, 0.717) is 11.3 Å². The Morgan fingerprint density at radius 2 is 1.86 bits per heavy atom. The van der Waals surface area contributed by atoms with Gasteiger partial charge in [0.15, 0.2) is 0 Å². The van der Waals surface area contributed by atoms with Crippen molar-refractivity contribution >= 4 is 11.9 Å². The lowest BCUT2D eigenvalue weighted by atomic mass is 9.86.